The number of fused-ring (bicyclic) bond motifs is 7. The van der Waals surface area contributed by atoms with Gasteiger partial charge in [0.05, 0.1) is 13.2 Å². The second kappa shape index (κ2) is 9.19. The summed E-state index contributed by atoms with van der Waals surface area (Å²) < 4.78 is 38.5. The van der Waals surface area contributed by atoms with Crippen molar-refractivity contribution in [3.63, 3.8) is 0 Å². The molecule has 10 atom stereocenters. The monoisotopic (exact) mass is 575 g/mol. The van der Waals surface area contributed by atoms with Crippen LogP contribution in [0, 0.1) is 28.6 Å². The van der Waals surface area contributed by atoms with Gasteiger partial charge in [-0.1, -0.05) is 25.1 Å². The molecule has 3 saturated carbocycles. The van der Waals surface area contributed by atoms with Crippen LogP contribution in [0.1, 0.15) is 44.0 Å². The first kappa shape index (κ1) is 28.0. The summed E-state index contributed by atoms with van der Waals surface area (Å²) in [6.07, 6.45) is 0.698. The third kappa shape index (κ3) is 3.37. The largest absolute Gasteiger partial charge is 0.497 e. The van der Waals surface area contributed by atoms with E-state index in [0.717, 1.165) is 11.6 Å². The number of halogens is 2. The summed E-state index contributed by atoms with van der Waals surface area (Å²) in [5.74, 6) is -2.14. The standard InChI is InChI=1S/C30H35F2NO6S/c1-27-9-8-18(35)11-22(27)23(31)12-21-20-10-17-14-33(26(40)16-4-6-19(38-3)7-5-16)39-30(17,25(37)15-34)28(20,2)13-24(36)29(21,27)32/h4-9,11,17,20-21,23-24,26,34,36,40H,10,12-15H2,1-3H3/t17-,20-,21-,23-,24-,26?,27-,28-,29-,30-/m0/s1. The third-order valence-corrected chi connectivity index (χ3v) is 11.4. The van der Waals surface area contributed by atoms with Crippen LogP contribution in [0.3, 0.4) is 0 Å². The van der Waals surface area contributed by atoms with Gasteiger partial charge >= 0.3 is 0 Å². The van der Waals surface area contributed by atoms with Crippen molar-refractivity contribution in [2.75, 3.05) is 20.3 Å². The minimum absolute atomic E-state index is 0.0561. The zero-order valence-electron chi connectivity index (χ0n) is 22.7. The number of aliphatic hydroxyl groups excluding tert-OH is 2. The summed E-state index contributed by atoms with van der Waals surface area (Å²) in [5, 5.41) is 22.8. The van der Waals surface area contributed by atoms with Crippen LogP contribution < -0.4 is 4.74 Å². The van der Waals surface area contributed by atoms with Gasteiger partial charge in [-0.05, 0) is 67.5 Å². The fraction of sp³-hybridized carbons (Fsp3) is 0.600. The topological polar surface area (TPSA) is 96.3 Å². The van der Waals surface area contributed by atoms with Gasteiger partial charge in [0.1, 0.15) is 23.9 Å². The number of ketones is 2. The molecule has 0 bridgehead atoms. The van der Waals surface area contributed by atoms with Gasteiger partial charge in [0.2, 0.25) is 0 Å². The Morgan fingerprint density at radius 2 is 1.95 bits per heavy atom. The van der Waals surface area contributed by atoms with E-state index in [1.54, 1.807) is 38.2 Å². The summed E-state index contributed by atoms with van der Waals surface area (Å²) in [6.45, 7) is 2.86. The maximum atomic E-state index is 17.5. The van der Waals surface area contributed by atoms with Crippen LogP contribution in [0.4, 0.5) is 8.78 Å². The molecule has 1 saturated heterocycles. The van der Waals surface area contributed by atoms with Gasteiger partial charge in [-0.25, -0.2) is 8.78 Å². The molecule has 7 nitrogen and oxygen atoms in total. The molecule has 40 heavy (non-hydrogen) atoms. The number of hydrogen-bond donors (Lipinski definition) is 3. The lowest BCUT2D eigenvalue weighted by atomic mass is 9.44. The van der Waals surface area contributed by atoms with Crippen molar-refractivity contribution in [2.24, 2.45) is 28.6 Å². The predicted molar refractivity (Wildman–Crippen MR) is 145 cm³/mol. The number of methoxy groups -OCH3 is 1. The van der Waals surface area contributed by atoms with Gasteiger partial charge in [0.25, 0.3) is 0 Å². The van der Waals surface area contributed by atoms with E-state index in [-0.39, 0.29) is 25.0 Å². The maximum absolute atomic E-state index is 17.5. The molecule has 1 aromatic rings. The number of Topliss-reactive ketones (excluding diaryl/α,β-unsaturated/α-hetero) is 1. The first-order valence-corrected chi connectivity index (χ1v) is 14.3. The number of carbonyl (C=O) groups is 2. The molecule has 0 radical (unpaired) electrons. The lowest BCUT2D eigenvalue weighted by molar-refractivity contribution is -0.270. The van der Waals surface area contributed by atoms with Gasteiger partial charge < -0.3 is 14.9 Å². The highest BCUT2D eigenvalue weighted by molar-refractivity contribution is 7.80. The molecule has 4 aliphatic carbocycles. The Morgan fingerprint density at radius 3 is 2.60 bits per heavy atom. The Hall–Kier alpha value is -2.11. The number of benzene rings is 1. The molecular weight excluding hydrogens is 540 g/mol. The summed E-state index contributed by atoms with van der Waals surface area (Å²) in [6, 6.07) is 7.29. The van der Waals surface area contributed by atoms with Crippen LogP contribution in [-0.4, -0.2) is 70.6 Å². The van der Waals surface area contributed by atoms with Crippen LogP contribution in [0.15, 0.2) is 48.1 Å². The number of thiol groups is 1. The number of aliphatic hydroxyl groups is 2. The minimum atomic E-state index is -2.25. The summed E-state index contributed by atoms with van der Waals surface area (Å²) in [4.78, 5) is 32.3. The molecule has 6 rings (SSSR count). The second-order valence-corrected chi connectivity index (χ2v) is 12.9. The van der Waals surface area contributed by atoms with E-state index in [0.29, 0.717) is 12.2 Å². The smallest absolute Gasteiger partial charge is 0.192 e. The summed E-state index contributed by atoms with van der Waals surface area (Å²) >= 11 is 4.78. The van der Waals surface area contributed by atoms with Crippen molar-refractivity contribution >= 4 is 24.2 Å². The molecule has 1 aliphatic heterocycles. The maximum Gasteiger partial charge on any atom is 0.192 e. The molecule has 1 heterocycles. The van der Waals surface area contributed by atoms with E-state index >= 15 is 8.78 Å². The fourth-order valence-electron chi connectivity index (χ4n) is 8.98. The highest BCUT2D eigenvalue weighted by Gasteiger charge is 2.79. The number of carbonyl (C=O) groups excluding carboxylic acids is 2. The Balaban J connectivity index is 1.39. The first-order chi connectivity index (χ1) is 18.9. The highest BCUT2D eigenvalue weighted by Crippen LogP contribution is 2.73. The molecule has 1 aromatic carbocycles. The molecule has 4 fully saturated rings. The molecular formula is C30H35F2NO6S. The van der Waals surface area contributed by atoms with Gasteiger partial charge in [-0.2, -0.15) is 17.7 Å². The number of ether oxygens (including phenoxy) is 1. The molecule has 216 valence electrons. The van der Waals surface area contributed by atoms with Crippen LogP contribution in [0.5, 0.6) is 5.75 Å². The van der Waals surface area contributed by atoms with Gasteiger partial charge in [-0.15, -0.1) is 0 Å². The van der Waals surface area contributed by atoms with Crippen LogP contribution >= 0.6 is 12.6 Å². The lowest BCUT2D eigenvalue weighted by Crippen LogP contribution is -2.70. The molecule has 0 amide bonds. The van der Waals surface area contributed by atoms with Gasteiger partial charge in [-0.3, -0.25) is 14.4 Å². The number of hydrogen-bond acceptors (Lipinski definition) is 8. The van der Waals surface area contributed by atoms with E-state index < -0.39 is 75.7 Å². The van der Waals surface area contributed by atoms with Crippen LogP contribution in [-0.2, 0) is 14.4 Å². The predicted octanol–water partition coefficient (Wildman–Crippen LogP) is 3.72. The van der Waals surface area contributed by atoms with Crippen molar-refractivity contribution in [1.29, 1.82) is 0 Å². The average Bonchev–Trinajstić information content (AvgIpc) is 3.44. The zero-order valence-corrected chi connectivity index (χ0v) is 23.6. The van der Waals surface area contributed by atoms with Crippen LogP contribution in [0.2, 0.25) is 0 Å². The van der Waals surface area contributed by atoms with Crippen molar-refractivity contribution in [2.45, 2.75) is 62.0 Å². The third-order valence-electron chi connectivity index (χ3n) is 10.9. The summed E-state index contributed by atoms with van der Waals surface area (Å²) in [7, 11) is 1.57. The first-order valence-electron chi connectivity index (χ1n) is 13.8. The zero-order chi connectivity index (χ0) is 28.8. The second-order valence-electron chi connectivity index (χ2n) is 12.4. The SMILES string of the molecule is COc1ccc(C(S)N2C[C@@H]3C[C@H]4[C@@H]5C[C@H](F)C6=CC(=O)C=C[C@]6(C)[C@@]5(F)[C@@H](O)C[C@]4(C)[C@]3(C(=O)CO)O2)cc1. The van der Waals surface area contributed by atoms with E-state index in [1.807, 2.05) is 12.1 Å². The number of hydroxylamine groups is 2. The highest BCUT2D eigenvalue weighted by atomic mass is 32.1. The Morgan fingerprint density at radius 1 is 1.25 bits per heavy atom. The lowest BCUT2D eigenvalue weighted by Gasteiger charge is -2.63. The van der Waals surface area contributed by atoms with Crippen molar-refractivity contribution in [1.82, 2.24) is 5.06 Å². The molecule has 10 heteroatoms. The quantitative estimate of drug-likeness (QED) is 0.461. The number of alkyl halides is 2. The molecule has 0 aromatic heterocycles. The number of nitrogens with zero attached hydrogens (tertiary/aromatic N) is 1. The number of allylic oxidation sites excluding steroid dienone is 4. The van der Waals surface area contributed by atoms with E-state index in [2.05, 4.69) is 0 Å². The molecule has 1 unspecified atom stereocenters. The molecule has 5 aliphatic rings. The normalized spacial score (nSPS) is 44.8. The minimum Gasteiger partial charge on any atom is -0.497 e. The van der Waals surface area contributed by atoms with Gasteiger partial charge in [0.15, 0.2) is 22.8 Å². The van der Waals surface area contributed by atoms with E-state index in [9.17, 15) is 19.8 Å². The Bertz CT molecular complexity index is 1310. The number of rotatable bonds is 5. The van der Waals surface area contributed by atoms with Gasteiger partial charge in [0, 0.05) is 29.2 Å². The van der Waals surface area contributed by atoms with Crippen molar-refractivity contribution in [3.8, 4) is 5.75 Å². The Labute approximate surface area is 237 Å². The van der Waals surface area contributed by atoms with E-state index in [4.69, 9.17) is 22.2 Å². The van der Waals surface area contributed by atoms with Crippen LogP contribution in [0.25, 0.3) is 0 Å². The van der Waals surface area contributed by atoms with E-state index in [1.165, 1.54) is 12.2 Å². The van der Waals surface area contributed by atoms with Crippen molar-refractivity contribution in [3.05, 3.63) is 53.6 Å². The molecule has 2 N–H and O–H groups in total. The summed E-state index contributed by atoms with van der Waals surface area (Å²) in [5.41, 5.74) is -5.52. The molecule has 0 spiro atoms. The fourth-order valence-corrected chi connectivity index (χ4v) is 9.30. The Kier molecular flexibility index (Phi) is 6.44. The average molecular weight is 576 g/mol. The van der Waals surface area contributed by atoms with Crippen molar-refractivity contribution < 1.29 is 38.2 Å².